The van der Waals surface area contributed by atoms with Crippen molar-refractivity contribution < 1.29 is 29.1 Å². The van der Waals surface area contributed by atoms with Gasteiger partial charge in [0.2, 0.25) is 5.75 Å². The molecule has 1 aromatic rings. The first kappa shape index (κ1) is 15.5. The number of carboxylic acids is 1. The Morgan fingerprint density at radius 3 is 2.64 bits per heavy atom. The van der Waals surface area contributed by atoms with Crippen LogP contribution in [0.5, 0.6) is 11.5 Å². The maximum Gasteiger partial charge on any atom is 0.329 e. The fourth-order valence-electron chi connectivity index (χ4n) is 1.87. The molecule has 1 aliphatic carbocycles. The van der Waals surface area contributed by atoms with Crippen LogP contribution in [0.1, 0.15) is 12.8 Å². The summed E-state index contributed by atoms with van der Waals surface area (Å²) in [6.07, 6.45) is 0.777. The number of amides is 1. The highest BCUT2D eigenvalue weighted by molar-refractivity contribution is 5.90. The third kappa shape index (κ3) is 3.25. The minimum Gasteiger partial charge on any atom is -0.490 e. The summed E-state index contributed by atoms with van der Waals surface area (Å²) in [5.74, 6) is -1.43. The number of rotatable bonds is 7. The first-order valence-corrected chi connectivity index (χ1v) is 6.37. The zero-order valence-electron chi connectivity index (χ0n) is 11.7. The molecule has 0 heterocycles. The molecule has 0 unspecified atom stereocenters. The van der Waals surface area contributed by atoms with Crippen LogP contribution in [0.4, 0.5) is 5.69 Å². The van der Waals surface area contributed by atoms with E-state index < -0.39 is 28.9 Å². The molecule has 0 aliphatic heterocycles. The van der Waals surface area contributed by atoms with Gasteiger partial charge in [-0.2, -0.15) is 0 Å². The van der Waals surface area contributed by atoms with Gasteiger partial charge in [-0.05, 0) is 18.9 Å². The van der Waals surface area contributed by atoms with Gasteiger partial charge in [-0.25, -0.2) is 4.79 Å². The summed E-state index contributed by atoms with van der Waals surface area (Å²) >= 11 is 0. The van der Waals surface area contributed by atoms with Crippen molar-refractivity contribution in [3.8, 4) is 11.5 Å². The van der Waals surface area contributed by atoms with E-state index in [4.69, 9.17) is 14.6 Å². The number of aliphatic carboxylic acids is 1. The molecule has 0 radical (unpaired) electrons. The highest BCUT2D eigenvalue weighted by Gasteiger charge is 2.51. The Balaban J connectivity index is 1.95. The van der Waals surface area contributed by atoms with E-state index in [0.717, 1.165) is 0 Å². The summed E-state index contributed by atoms with van der Waals surface area (Å²) in [4.78, 5) is 32.8. The largest absolute Gasteiger partial charge is 0.490 e. The van der Waals surface area contributed by atoms with Crippen molar-refractivity contribution in [3.63, 3.8) is 0 Å². The molecule has 1 aliphatic rings. The summed E-state index contributed by atoms with van der Waals surface area (Å²) in [5.41, 5.74) is -1.39. The molecule has 1 aromatic carbocycles. The molecule has 1 saturated carbocycles. The third-order valence-corrected chi connectivity index (χ3v) is 3.26. The fourth-order valence-corrected chi connectivity index (χ4v) is 1.87. The van der Waals surface area contributed by atoms with Gasteiger partial charge in [0.25, 0.3) is 5.91 Å². The number of carbonyl (C=O) groups is 2. The second-order valence-corrected chi connectivity index (χ2v) is 4.81. The number of nitrogens with one attached hydrogen (secondary N) is 1. The van der Waals surface area contributed by atoms with E-state index in [1.807, 2.05) is 0 Å². The number of hydrogen-bond donors (Lipinski definition) is 2. The molecule has 9 heteroatoms. The lowest BCUT2D eigenvalue weighted by molar-refractivity contribution is -0.385. The van der Waals surface area contributed by atoms with E-state index in [0.29, 0.717) is 12.8 Å². The second-order valence-electron chi connectivity index (χ2n) is 4.81. The molecule has 1 amide bonds. The molecule has 0 aromatic heterocycles. The molecule has 0 bridgehead atoms. The number of nitro benzene ring substituents is 1. The molecule has 22 heavy (non-hydrogen) atoms. The van der Waals surface area contributed by atoms with Crippen LogP contribution in [0.25, 0.3) is 0 Å². The zero-order valence-corrected chi connectivity index (χ0v) is 11.7. The van der Waals surface area contributed by atoms with Crippen molar-refractivity contribution in [2.45, 2.75) is 18.4 Å². The number of carboxylic acid groups (broad SMARTS) is 1. The van der Waals surface area contributed by atoms with Crippen LogP contribution in [-0.4, -0.2) is 41.2 Å². The molecule has 1 fully saturated rings. The lowest BCUT2D eigenvalue weighted by Gasteiger charge is -2.13. The van der Waals surface area contributed by atoms with E-state index in [9.17, 15) is 19.7 Å². The van der Waals surface area contributed by atoms with E-state index in [1.54, 1.807) is 0 Å². The van der Waals surface area contributed by atoms with Gasteiger partial charge in [0, 0.05) is 12.1 Å². The molecule has 118 valence electrons. The summed E-state index contributed by atoms with van der Waals surface area (Å²) < 4.78 is 10.1. The molecule has 0 atom stereocenters. The Labute approximate surface area is 125 Å². The lowest BCUT2D eigenvalue weighted by atomic mass is 10.2. The van der Waals surface area contributed by atoms with Gasteiger partial charge in [0.1, 0.15) is 11.3 Å². The predicted octanol–water partition coefficient (Wildman–Crippen LogP) is 0.716. The molecule has 2 rings (SSSR count). The van der Waals surface area contributed by atoms with Crippen LogP contribution < -0.4 is 14.8 Å². The first-order valence-electron chi connectivity index (χ1n) is 6.37. The van der Waals surface area contributed by atoms with Crippen LogP contribution >= 0.6 is 0 Å². The summed E-state index contributed by atoms with van der Waals surface area (Å²) in [6.45, 7) is -0.393. The molecule has 2 N–H and O–H groups in total. The molecule has 0 saturated heterocycles. The topological polar surface area (TPSA) is 128 Å². The maximum absolute atomic E-state index is 11.7. The van der Waals surface area contributed by atoms with E-state index >= 15 is 0 Å². The van der Waals surface area contributed by atoms with Crippen LogP contribution in [0.2, 0.25) is 0 Å². The van der Waals surface area contributed by atoms with E-state index in [-0.39, 0.29) is 17.2 Å². The minimum atomic E-state index is -1.17. The van der Waals surface area contributed by atoms with Crippen molar-refractivity contribution in [2.75, 3.05) is 13.7 Å². The highest BCUT2D eigenvalue weighted by atomic mass is 16.6. The van der Waals surface area contributed by atoms with Gasteiger partial charge in [0.05, 0.1) is 12.0 Å². The molecule has 0 spiro atoms. The van der Waals surface area contributed by atoms with Gasteiger partial charge in [-0.3, -0.25) is 14.9 Å². The smallest absolute Gasteiger partial charge is 0.329 e. The normalized spacial score (nSPS) is 14.8. The van der Waals surface area contributed by atoms with Crippen molar-refractivity contribution in [1.29, 1.82) is 0 Å². The summed E-state index contributed by atoms with van der Waals surface area (Å²) in [7, 11) is 1.28. The van der Waals surface area contributed by atoms with Gasteiger partial charge >= 0.3 is 11.7 Å². The minimum absolute atomic E-state index is 0.00658. The number of hydrogen-bond acceptors (Lipinski definition) is 6. The lowest BCUT2D eigenvalue weighted by Crippen LogP contribution is -2.45. The van der Waals surface area contributed by atoms with Gasteiger partial charge < -0.3 is 19.9 Å². The van der Waals surface area contributed by atoms with Crippen LogP contribution in [0.3, 0.4) is 0 Å². The average Bonchev–Trinajstić information content (AvgIpc) is 3.25. The number of nitro groups is 1. The third-order valence-electron chi connectivity index (χ3n) is 3.26. The van der Waals surface area contributed by atoms with Crippen molar-refractivity contribution in [1.82, 2.24) is 5.32 Å². The Kier molecular flexibility index (Phi) is 4.15. The average molecular weight is 310 g/mol. The second kappa shape index (κ2) is 5.88. The van der Waals surface area contributed by atoms with E-state index in [1.165, 1.54) is 25.3 Å². The monoisotopic (exact) mass is 310 g/mol. The number of carbonyl (C=O) groups excluding carboxylic acids is 1. The van der Waals surface area contributed by atoms with Crippen LogP contribution in [-0.2, 0) is 9.59 Å². The van der Waals surface area contributed by atoms with Gasteiger partial charge in [-0.15, -0.1) is 0 Å². The number of ether oxygens (including phenoxy) is 2. The fraction of sp³-hybridized carbons (Fsp3) is 0.385. The molecule has 9 nitrogen and oxygen atoms in total. The number of nitrogens with zero attached hydrogens (tertiary/aromatic N) is 1. The van der Waals surface area contributed by atoms with E-state index in [2.05, 4.69) is 5.32 Å². The zero-order chi connectivity index (χ0) is 16.3. The predicted molar refractivity (Wildman–Crippen MR) is 72.9 cm³/mol. The first-order chi connectivity index (χ1) is 10.4. The number of methoxy groups -OCH3 is 1. The Morgan fingerprint density at radius 2 is 2.14 bits per heavy atom. The van der Waals surface area contributed by atoms with Crippen LogP contribution in [0.15, 0.2) is 18.2 Å². The Bertz CT molecular complexity index is 625. The van der Waals surface area contributed by atoms with Crippen LogP contribution in [0, 0.1) is 10.1 Å². The highest BCUT2D eigenvalue weighted by Crippen LogP contribution is 2.35. The summed E-state index contributed by atoms with van der Waals surface area (Å²) in [5, 5.41) is 22.1. The summed E-state index contributed by atoms with van der Waals surface area (Å²) in [6, 6.07) is 3.82. The van der Waals surface area contributed by atoms with Crippen molar-refractivity contribution in [3.05, 3.63) is 28.3 Å². The molecular formula is C13H14N2O7. The standard InChI is InChI=1S/C13H14N2O7/c1-21-10-6-8(2-3-9(10)15(19)20)22-7-11(16)14-13(4-5-13)12(17)18/h2-3,6H,4-5,7H2,1H3,(H,14,16)(H,17,18). The Morgan fingerprint density at radius 1 is 1.45 bits per heavy atom. The van der Waals surface area contributed by atoms with Gasteiger partial charge in [-0.1, -0.05) is 0 Å². The Hall–Kier alpha value is -2.84. The van der Waals surface area contributed by atoms with Gasteiger partial charge in [0.15, 0.2) is 6.61 Å². The SMILES string of the molecule is COc1cc(OCC(=O)NC2(C(=O)O)CC2)ccc1[N+](=O)[O-]. The maximum atomic E-state index is 11.7. The van der Waals surface area contributed by atoms with Crippen molar-refractivity contribution >= 4 is 17.6 Å². The quantitative estimate of drug-likeness (QED) is 0.560. The van der Waals surface area contributed by atoms with Crippen molar-refractivity contribution in [2.24, 2.45) is 0 Å². The number of benzene rings is 1. The molecular weight excluding hydrogens is 296 g/mol.